The van der Waals surface area contributed by atoms with Crippen LogP contribution in [0.1, 0.15) is 25.8 Å². The number of halogens is 2. The van der Waals surface area contributed by atoms with Crippen molar-refractivity contribution < 1.29 is 22.7 Å². The normalized spacial score (nSPS) is 12.1. The van der Waals surface area contributed by atoms with E-state index >= 15 is 0 Å². The molecule has 0 saturated carbocycles. The highest BCUT2D eigenvalue weighted by Crippen LogP contribution is 2.28. The summed E-state index contributed by atoms with van der Waals surface area (Å²) in [7, 11) is -2.30. The second-order valence-electron chi connectivity index (χ2n) is 7.70. The molecule has 186 valence electrons. The van der Waals surface area contributed by atoms with Gasteiger partial charge >= 0.3 is 0 Å². The summed E-state index contributed by atoms with van der Waals surface area (Å²) in [4.78, 5) is 27.5. The highest BCUT2D eigenvalue weighted by Gasteiger charge is 2.30. The number of nitrogens with one attached hydrogen (secondary N) is 1. The first kappa shape index (κ1) is 27.8. The van der Waals surface area contributed by atoms with Crippen molar-refractivity contribution in [2.75, 3.05) is 30.8 Å². The van der Waals surface area contributed by atoms with Crippen LogP contribution in [0.15, 0.2) is 42.5 Å². The summed E-state index contributed by atoms with van der Waals surface area (Å²) >= 11 is 12.0. The number of hydrogen-bond acceptors (Lipinski definition) is 5. The molecule has 1 unspecified atom stereocenters. The van der Waals surface area contributed by atoms with Crippen LogP contribution in [0.2, 0.25) is 10.0 Å². The van der Waals surface area contributed by atoms with E-state index < -0.39 is 28.5 Å². The van der Waals surface area contributed by atoms with E-state index in [1.807, 2.05) is 6.92 Å². The minimum atomic E-state index is -3.85. The fourth-order valence-electron chi connectivity index (χ4n) is 3.16. The van der Waals surface area contributed by atoms with Gasteiger partial charge in [0.1, 0.15) is 18.3 Å². The highest BCUT2D eigenvalue weighted by molar-refractivity contribution is 7.92. The van der Waals surface area contributed by atoms with E-state index in [1.165, 1.54) is 23.1 Å². The molecule has 0 radical (unpaired) electrons. The summed E-state index contributed by atoms with van der Waals surface area (Å²) in [5.74, 6) is -0.228. The van der Waals surface area contributed by atoms with Gasteiger partial charge in [-0.1, -0.05) is 42.3 Å². The van der Waals surface area contributed by atoms with Crippen LogP contribution in [0, 0.1) is 0 Å². The molecule has 2 aromatic rings. The topological polar surface area (TPSA) is 96.0 Å². The Kier molecular flexibility index (Phi) is 10.0. The van der Waals surface area contributed by atoms with Gasteiger partial charge < -0.3 is 15.0 Å². The average molecular weight is 530 g/mol. The molecule has 0 fully saturated rings. The standard InChI is InChI=1S/C23H29Cl2N3O5S/c1-5-12-26-23(30)16(2)27(14-17-6-9-19(33-3)10-7-17)22(29)15-28(34(4,31)32)18-8-11-20(24)21(25)13-18/h6-11,13,16H,5,12,14-15H2,1-4H3,(H,26,30). The molecule has 1 atom stereocenters. The Morgan fingerprint density at radius 3 is 2.26 bits per heavy atom. The van der Waals surface area contributed by atoms with E-state index in [1.54, 1.807) is 38.3 Å². The minimum absolute atomic E-state index is 0.0997. The summed E-state index contributed by atoms with van der Waals surface area (Å²) in [6.45, 7) is 3.58. The van der Waals surface area contributed by atoms with E-state index in [0.29, 0.717) is 12.3 Å². The van der Waals surface area contributed by atoms with E-state index in [0.717, 1.165) is 22.5 Å². The zero-order valence-corrected chi connectivity index (χ0v) is 21.9. The van der Waals surface area contributed by atoms with Crippen LogP contribution in [0.5, 0.6) is 5.75 Å². The van der Waals surface area contributed by atoms with Crippen LogP contribution in [0.4, 0.5) is 5.69 Å². The Bertz CT molecular complexity index is 1110. The van der Waals surface area contributed by atoms with Crippen LogP contribution in [0.25, 0.3) is 0 Å². The number of ether oxygens (including phenoxy) is 1. The monoisotopic (exact) mass is 529 g/mol. The predicted molar refractivity (Wildman–Crippen MR) is 135 cm³/mol. The maximum atomic E-state index is 13.4. The highest BCUT2D eigenvalue weighted by atomic mass is 35.5. The summed E-state index contributed by atoms with van der Waals surface area (Å²) in [6.07, 6.45) is 1.73. The Balaban J connectivity index is 2.38. The van der Waals surface area contributed by atoms with Gasteiger partial charge in [0.15, 0.2) is 0 Å². The number of anilines is 1. The smallest absolute Gasteiger partial charge is 0.244 e. The zero-order valence-electron chi connectivity index (χ0n) is 19.5. The molecule has 1 N–H and O–H groups in total. The maximum Gasteiger partial charge on any atom is 0.244 e. The number of sulfonamides is 1. The molecule has 0 spiro atoms. The molecule has 0 aliphatic carbocycles. The SMILES string of the molecule is CCCNC(=O)C(C)N(Cc1ccc(OC)cc1)C(=O)CN(c1ccc(Cl)c(Cl)c1)S(C)(=O)=O. The fraction of sp³-hybridized carbons (Fsp3) is 0.391. The van der Waals surface area contributed by atoms with E-state index in [2.05, 4.69) is 5.32 Å². The van der Waals surface area contributed by atoms with Crippen molar-refractivity contribution in [3.8, 4) is 5.75 Å². The van der Waals surface area contributed by atoms with Crippen molar-refractivity contribution in [1.29, 1.82) is 0 Å². The lowest BCUT2D eigenvalue weighted by molar-refractivity contribution is -0.139. The molecule has 0 aliphatic rings. The number of benzene rings is 2. The lowest BCUT2D eigenvalue weighted by Gasteiger charge is -2.31. The Labute approximate surface area is 210 Å². The Morgan fingerprint density at radius 2 is 1.74 bits per heavy atom. The van der Waals surface area contributed by atoms with Gasteiger partial charge in [-0.3, -0.25) is 13.9 Å². The van der Waals surface area contributed by atoms with E-state index in [9.17, 15) is 18.0 Å². The molecule has 0 heterocycles. The second-order valence-corrected chi connectivity index (χ2v) is 10.4. The first-order valence-corrected chi connectivity index (χ1v) is 13.2. The average Bonchev–Trinajstić information content (AvgIpc) is 2.80. The summed E-state index contributed by atoms with van der Waals surface area (Å²) in [6, 6.07) is 10.5. The minimum Gasteiger partial charge on any atom is -0.497 e. The van der Waals surface area contributed by atoms with Crippen LogP contribution in [-0.2, 0) is 26.2 Å². The third-order valence-corrected chi connectivity index (χ3v) is 6.98. The van der Waals surface area contributed by atoms with Gasteiger partial charge in [-0.2, -0.15) is 0 Å². The molecule has 11 heteroatoms. The van der Waals surface area contributed by atoms with Gasteiger partial charge in [0.05, 0.1) is 29.1 Å². The maximum absolute atomic E-state index is 13.4. The quantitative estimate of drug-likeness (QED) is 0.478. The van der Waals surface area contributed by atoms with Crippen molar-refractivity contribution in [2.24, 2.45) is 0 Å². The molecule has 0 bridgehead atoms. The van der Waals surface area contributed by atoms with Gasteiger partial charge in [0.2, 0.25) is 21.8 Å². The number of carbonyl (C=O) groups is 2. The molecular formula is C23H29Cl2N3O5S. The number of rotatable bonds is 11. The molecule has 0 aliphatic heterocycles. The second kappa shape index (κ2) is 12.3. The van der Waals surface area contributed by atoms with Crippen molar-refractivity contribution >= 4 is 50.7 Å². The first-order valence-electron chi connectivity index (χ1n) is 10.6. The van der Waals surface area contributed by atoms with E-state index in [-0.39, 0.29) is 28.2 Å². The molecule has 8 nitrogen and oxygen atoms in total. The predicted octanol–water partition coefficient (Wildman–Crippen LogP) is 3.71. The third kappa shape index (κ3) is 7.51. The zero-order chi connectivity index (χ0) is 25.5. The van der Waals surface area contributed by atoms with Crippen LogP contribution >= 0.6 is 23.2 Å². The van der Waals surface area contributed by atoms with Gasteiger partial charge in [0, 0.05) is 13.1 Å². The lowest BCUT2D eigenvalue weighted by Crippen LogP contribution is -2.51. The summed E-state index contributed by atoms with van der Waals surface area (Å²) in [5, 5.41) is 3.20. The number of hydrogen-bond donors (Lipinski definition) is 1. The summed E-state index contributed by atoms with van der Waals surface area (Å²) < 4.78 is 31.2. The lowest BCUT2D eigenvalue weighted by atomic mass is 10.1. The first-order chi connectivity index (χ1) is 16.0. The largest absolute Gasteiger partial charge is 0.497 e. The van der Waals surface area contributed by atoms with Crippen LogP contribution < -0.4 is 14.4 Å². The fourth-order valence-corrected chi connectivity index (χ4v) is 4.29. The number of nitrogens with zero attached hydrogens (tertiary/aromatic N) is 2. The van der Waals surface area contributed by atoms with Crippen molar-refractivity contribution in [2.45, 2.75) is 32.9 Å². The van der Waals surface area contributed by atoms with Gasteiger partial charge in [-0.05, 0) is 49.2 Å². The van der Waals surface area contributed by atoms with Crippen molar-refractivity contribution in [3.63, 3.8) is 0 Å². The molecule has 2 amide bonds. The number of amides is 2. The van der Waals surface area contributed by atoms with Gasteiger partial charge in [-0.15, -0.1) is 0 Å². The molecular weight excluding hydrogens is 501 g/mol. The Morgan fingerprint density at radius 1 is 1.09 bits per heavy atom. The summed E-state index contributed by atoms with van der Waals surface area (Å²) in [5.41, 5.74) is 0.947. The molecule has 34 heavy (non-hydrogen) atoms. The molecule has 2 aromatic carbocycles. The molecule has 0 saturated heterocycles. The van der Waals surface area contributed by atoms with E-state index in [4.69, 9.17) is 27.9 Å². The van der Waals surface area contributed by atoms with Crippen molar-refractivity contribution in [1.82, 2.24) is 10.2 Å². The number of carbonyl (C=O) groups excluding carboxylic acids is 2. The van der Waals surface area contributed by atoms with Gasteiger partial charge in [0.25, 0.3) is 0 Å². The van der Waals surface area contributed by atoms with Crippen LogP contribution in [-0.4, -0.2) is 57.6 Å². The Hall–Kier alpha value is -2.49. The van der Waals surface area contributed by atoms with Crippen LogP contribution in [0.3, 0.4) is 0 Å². The molecule has 2 rings (SSSR count). The number of methoxy groups -OCH3 is 1. The van der Waals surface area contributed by atoms with Crippen molar-refractivity contribution in [3.05, 3.63) is 58.1 Å². The van der Waals surface area contributed by atoms with Gasteiger partial charge in [-0.25, -0.2) is 8.42 Å². The third-order valence-electron chi connectivity index (χ3n) is 5.10. The molecule has 0 aromatic heterocycles.